The largest absolute Gasteiger partial charge is 0.626 e. The average Bonchev–Trinajstić information content (AvgIpc) is 3.20. The topological polar surface area (TPSA) is 60.2 Å². The van der Waals surface area contributed by atoms with Crippen molar-refractivity contribution >= 4 is 22.6 Å². The molecule has 5 nitrogen and oxygen atoms in total. The van der Waals surface area contributed by atoms with E-state index in [1.807, 2.05) is 75.9 Å². The Labute approximate surface area is 199 Å². The van der Waals surface area contributed by atoms with Crippen LogP contribution in [-0.2, 0) is 21.1 Å². The molecule has 0 bridgehead atoms. The molecule has 1 heterocycles. The van der Waals surface area contributed by atoms with Crippen LogP contribution in [0.2, 0.25) is 0 Å². The van der Waals surface area contributed by atoms with Crippen molar-refractivity contribution in [1.29, 1.82) is 0 Å². The van der Waals surface area contributed by atoms with E-state index in [0.29, 0.717) is 11.4 Å². The maximum absolute atomic E-state index is 12.8. The number of aromatic hydroxyl groups is 1. The zero-order valence-corrected chi connectivity index (χ0v) is 19.0. The fourth-order valence-electron chi connectivity index (χ4n) is 3.51. The van der Waals surface area contributed by atoms with E-state index in [-0.39, 0.29) is 32.4 Å². The molecule has 160 valence electrons. The Morgan fingerprint density at radius 3 is 2.41 bits per heavy atom. The number of benzene rings is 4. The molecule has 0 fully saturated rings. The van der Waals surface area contributed by atoms with Crippen LogP contribution < -0.4 is 4.57 Å². The zero-order valence-electron chi connectivity index (χ0n) is 16.8. The van der Waals surface area contributed by atoms with Gasteiger partial charge in [0.15, 0.2) is 0 Å². The molecule has 6 heteroatoms. The van der Waals surface area contributed by atoms with Crippen molar-refractivity contribution in [2.45, 2.75) is 0 Å². The van der Waals surface area contributed by atoms with Gasteiger partial charge in [-0.25, -0.2) is 0 Å². The molecule has 0 aliphatic heterocycles. The summed E-state index contributed by atoms with van der Waals surface area (Å²) < 4.78 is 3.81. The number of carbonyl (C=O) groups excluding carboxylic acids is 1. The number of phenolic OH excluding ortho intramolecular Hbond substituents is 1. The molecular formula is C26H17N3O2Pt-2. The maximum atomic E-state index is 12.8. The molecule has 0 spiro atoms. The summed E-state index contributed by atoms with van der Waals surface area (Å²) in [6, 6.07) is 32.6. The molecule has 0 unspecified atom stereocenters. The number of nitrogens with zero attached hydrogens (tertiary/aromatic N) is 3. The molecule has 0 aliphatic carbocycles. The molecule has 0 saturated carbocycles. The fraction of sp³-hybridized carbons (Fsp3) is 0. The summed E-state index contributed by atoms with van der Waals surface area (Å²) in [5.74, 6) is -0.601. The molecule has 0 atom stereocenters. The van der Waals surface area contributed by atoms with Gasteiger partial charge < -0.3 is 19.8 Å². The first kappa shape index (κ1) is 21.5. The van der Waals surface area contributed by atoms with Gasteiger partial charge in [-0.2, -0.15) is 30.3 Å². The van der Waals surface area contributed by atoms with E-state index in [4.69, 9.17) is 0 Å². The van der Waals surface area contributed by atoms with Crippen molar-refractivity contribution < 1.29 is 35.5 Å². The molecule has 5 aromatic rings. The van der Waals surface area contributed by atoms with Crippen LogP contribution in [0.4, 0.5) is 5.69 Å². The van der Waals surface area contributed by atoms with E-state index in [1.54, 1.807) is 24.3 Å². The molecule has 32 heavy (non-hydrogen) atoms. The monoisotopic (exact) mass is 598 g/mol. The summed E-state index contributed by atoms with van der Waals surface area (Å²) >= 11 is 0. The number of amides is 1. The summed E-state index contributed by atoms with van der Waals surface area (Å²) in [6.45, 7) is 0. The second kappa shape index (κ2) is 9.21. The Kier molecular flexibility index (Phi) is 6.20. The molecular weight excluding hydrogens is 581 g/mol. The minimum absolute atomic E-state index is 0. The van der Waals surface area contributed by atoms with Crippen molar-refractivity contribution in [2.75, 3.05) is 0 Å². The third-order valence-electron chi connectivity index (χ3n) is 4.98. The average molecular weight is 599 g/mol. The summed E-state index contributed by atoms with van der Waals surface area (Å²) in [7, 11) is 0. The van der Waals surface area contributed by atoms with E-state index in [9.17, 15) is 9.90 Å². The Hall–Kier alpha value is -3.69. The van der Waals surface area contributed by atoms with E-state index >= 15 is 0 Å². The minimum atomic E-state index is -0.508. The summed E-state index contributed by atoms with van der Waals surface area (Å²) in [4.78, 5) is 12.8. The van der Waals surface area contributed by atoms with E-state index < -0.39 is 5.91 Å². The number of hydrogen-bond donors (Lipinski definition) is 1. The molecule has 1 N–H and O–H groups in total. The predicted octanol–water partition coefficient (Wildman–Crippen LogP) is 5.06. The van der Waals surface area contributed by atoms with Crippen LogP contribution in [0.1, 0.15) is 10.4 Å². The summed E-state index contributed by atoms with van der Waals surface area (Å²) in [5, 5.41) is 14.3. The number of hydrogen-bond acceptors (Lipinski definition) is 2. The quantitative estimate of drug-likeness (QED) is 0.233. The van der Waals surface area contributed by atoms with Crippen molar-refractivity contribution in [3.8, 4) is 17.1 Å². The number of carbonyl (C=O) groups is 1. The van der Waals surface area contributed by atoms with Gasteiger partial charge in [0, 0.05) is 26.6 Å². The zero-order chi connectivity index (χ0) is 21.2. The van der Waals surface area contributed by atoms with Crippen LogP contribution in [-0.4, -0.2) is 15.6 Å². The minimum Gasteiger partial charge on any atom is -0.626 e. The molecule has 0 radical (unpaired) electrons. The molecule has 5 rings (SSSR count). The fourth-order valence-corrected chi connectivity index (χ4v) is 3.51. The van der Waals surface area contributed by atoms with Gasteiger partial charge in [0.05, 0.1) is 22.6 Å². The third-order valence-corrected chi connectivity index (χ3v) is 4.98. The van der Waals surface area contributed by atoms with Crippen LogP contribution in [0.3, 0.4) is 0 Å². The number of imidazole rings is 1. The van der Waals surface area contributed by atoms with Gasteiger partial charge in [0.25, 0.3) is 6.33 Å². The summed E-state index contributed by atoms with van der Waals surface area (Å²) in [6.07, 6.45) is 3.37. The molecule has 1 amide bonds. The van der Waals surface area contributed by atoms with Crippen LogP contribution in [0.15, 0.2) is 97.1 Å². The van der Waals surface area contributed by atoms with Gasteiger partial charge in [-0.3, -0.25) is 4.57 Å². The number of aromatic nitrogens is 2. The van der Waals surface area contributed by atoms with Gasteiger partial charge in [-0.1, -0.05) is 60.7 Å². The second-order valence-corrected chi connectivity index (χ2v) is 6.93. The molecule has 4 aromatic carbocycles. The standard InChI is InChI=1S/C26H18N3O2.Pt/c30-25-17-9-4-12-20(25)26(31)27-21-13-5-6-14-22(21)29-18-28(19-10-2-1-3-11-19)23-15-7-8-16-24(23)29;/h1-10,12-17H,(H2,27,30,31);/q-1;/p-1. The maximum Gasteiger partial charge on any atom is 0.268 e. The van der Waals surface area contributed by atoms with Crippen LogP contribution in [0, 0.1) is 12.4 Å². The van der Waals surface area contributed by atoms with Crippen LogP contribution in [0.25, 0.3) is 27.7 Å². The second-order valence-electron chi connectivity index (χ2n) is 6.93. The van der Waals surface area contributed by atoms with Crippen molar-refractivity contribution in [2.24, 2.45) is 0 Å². The van der Waals surface area contributed by atoms with Crippen molar-refractivity contribution in [1.82, 2.24) is 4.57 Å². The van der Waals surface area contributed by atoms with Gasteiger partial charge in [0.1, 0.15) is 5.75 Å². The molecule has 0 saturated heterocycles. The summed E-state index contributed by atoms with van der Waals surface area (Å²) in [5.41, 5.74) is 4.07. The first-order valence-electron chi connectivity index (χ1n) is 9.78. The number of rotatable bonds is 4. The normalized spacial score (nSPS) is 10.5. The van der Waals surface area contributed by atoms with E-state index in [0.717, 1.165) is 16.7 Å². The smallest absolute Gasteiger partial charge is 0.268 e. The van der Waals surface area contributed by atoms with Crippen LogP contribution in [0.5, 0.6) is 5.75 Å². The van der Waals surface area contributed by atoms with E-state index in [1.165, 1.54) is 6.07 Å². The van der Waals surface area contributed by atoms with Gasteiger partial charge in [0.2, 0.25) is 0 Å². The molecule has 1 aromatic heterocycles. The number of fused-ring (bicyclic) bond motifs is 1. The Morgan fingerprint density at radius 2 is 1.59 bits per heavy atom. The third kappa shape index (κ3) is 3.95. The predicted molar refractivity (Wildman–Crippen MR) is 118 cm³/mol. The van der Waals surface area contributed by atoms with E-state index in [2.05, 4.69) is 17.7 Å². The Morgan fingerprint density at radius 1 is 0.875 bits per heavy atom. The first-order valence-corrected chi connectivity index (χ1v) is 9.78. The SMILES string of the molecule is O=C([N-]c1ccccc1-n1[c-][n+](-c2[c-]cccc2)c2ccccc21)c1ccccc1O.[Pt]. The van der Waals surface area contributed by atoms with Gasteiger partial charge in [-0.05, 0) is 17.8 Å². The first-order chi connectivity index (χ1) is 15.2. The van der Waals surface area contributed by atoms with Gasteiger partial charge >= 0.3 is 0 Å². The molecule has 0 aliphatic rings. The van der Waals surface area contributed by atoms with Crippen molar-refractivity contribution in [3.05, 3.63) is 120 Å². The van der Waals surface area contributed by atoms with Gasteiger partial charge in [-0.15, -0.1) is 5.69 Å². The number of phenols is 1. The number of para-hydroxylation sites is 6. The Balaban J connectivity index is 0.00000245. The van der Waals surface area contributed by atoms with Crippen molar-refractivity contribution in [3.63, 3.8) is 0 Å². The van der Waals surface area contributed by atoms with Crippen LogP contribution >= 0.6 is 0 Å². The Bertz CT molecular complexity index is 1400.